The number of aromatic nitrogens is 3. The molecular formula is C22H20N4O4. The van der Waals surface area contributed by atoms with Crippen LogP contribution in [0.15, 0.2) is 57.8 Å². The molecule has 0 radical (unpaired) electrons. The maximum Gasteiger partial charge on any atom is 0.280 e. The highest BCUT2D eigenvalue weighted by Crippen LogP contribution is 2.22. The molecule has 0 aliphatic heterocycles. The number of furan rings is 1. The number of amides is 1. The number of carbonyl (C=O) groups excluding carboxylic acids is 1. The second kappa shape index (κ2) is 8.20. The lowest BCUT2D eigenvalue weighted by Gasteiger charge is -2.09. The lowest BCUT2D eigenvalue weighted by Crippen LogP contribution is -2.17. The van der Waals surface area contributed by atoms with Crippen LogP contribution in [0.2, 0.25) is 0 Å². The summed E-state index contributed by atoms with van der Waals surface area (Å²) in [6, 6.07) is 11.1. The molecule has 0 unspecified atom stereocenters. The van der Waals surface area contributed by atoms with E-state index in [-0.39, 0.29) is 18.2 Å². The highest BCUT2D eigenvalue weighted by Gasteiger charge is 2.21. The fourth-order valence-electron chi connectivity index (χ4n) is 2.84. The van der Waals surface area contributed by atoms with Crippen LogP contribution in [-0.2, 0) is 6.61 Å². The van der Waals surface area contributed by atoms with Gasteiger partial charge in [-0.05, 0) is 62.2 Å². The Bertz CT molecular complexity index is 1180. The third-order valence-corrected chi connectivity index (χ3v) is 4.72. The molecule has 1 aromatic carbocycles. The lowest BCUT2D eigenvalue weighted by molar-refractivity contribution is 0.101. The Morgan fingerprint density at radius 1 is 1.13 bits per heavy atom. The lowest BCUT2D eigenvalue weighted by atomic mass is 10.1. The van der Waals surface area contributed by atoms with Crippen LogP contribution in [0.3, 0.4) is 0 Å². The zero-order chi connectivity index (χ0) is 21.1. The topological polar surface area (TPSA) is 103 Å². The molecule has 0 atom stereocenters. The maximum atomic E-state index is 12.8. The Labute approximate surface area is 172 Å². The number of hydrogen-bond acceptors (Lipinski definition) is 7. The molecule has 3 heterocycles. The number of ether oxygens (including phenoxy) is 1. The molecule has 0 aliphatic carbocycles. The van der Waals surface area contributed by atoms with Crippen molar-refractivity contribution in [2.45, 2.75) is 27.4 Å². The number of anilines is 1. The quantitative estimate of drug-likeness (QED) is 0.505. The summed E-state index contributed by atoms with van der Waals surface area (Å²) in [7, 11) is 0. The van der Waals surface area contributed by atoms with E-state index in [1.807, 2.05) is 32.0 Å². The van der Waals surface area contributed by atoms with Gasteiger partial charge >= 0.3 is 0 Å². The van der Waals surface area contributed by atoms with Gasteiger partial charge in [-0.25, -0.2) is 9.97 Å². The minimum absolute atomic E-state index is 0.128. The molecule has 8 nitrogen and oxygen atoms in total. The number of rotatable bonds is 6. The first-order valence-electron chi connectivity index (χ1n) is 9.35. The van der Waals surface area contributed by atoms with E-state index in [1.54, 1.807) is 31.4 Å². The first-order valence-corrected chi connectivity index (χ1v) is 9.35. The number of carbonyl (C=O) groups is 1. The van der Waals surface area contributed by atoms with Crippen molar-refractivity contribution >= 4 is 11.9 Å². The van der Waals surface area contributed by atoms with E-state index in [1.165, 1.54) is 11.8 Å². The predicted octanol–water partition coefficient (Wildman–Crippen LogP) is 4.48. The molecule has 0 saturated heterocycles. The summed E-state index contributed by atoms with van der Waals surface area (Å²) in [6.07, 6.45) is 3.09. The summed E-state index contributed by atoms with van der Waals surface area (Å²) in [4.78, 5) is 21.2. The van der Waals surface area contributed by atoms with Gasteiger partial charge in [-0.2, -0.15) is 0 Å². The van der Waals surface area contributed by atoms with E-state index >= 15 is 0 Å². The second-order valence-corrected chi connectivity index (χ2v) is 6.80. The molecule has 4 rings (SSSR count). The van der Waals surface area contributed by atoms with Crippen LogP contribution in [0.25, 0.3) is 11.5 Å². The van der Waals surface area contributed by atoms with E-state index in [4.69, 9.17) is 13.7 Å². The number of nitrogens with one attached hydrogen (secondary N) is 1. The molecule has 30 heavy (non-hydrogen) atoms. The zero-order valence-electron chi connectivity index (χ0n) is 16.8. The molecule has 0 fully saturated rings. The largest absolute Gasteiger partial charge is 0.489 e. The van der Waals surface area contributed by atoms with Crippen LogP contribution in [0, 0.1) is 20.8 Å². The molecule has 4 aromatic rings. The molecule has 0 spiro atoms. The van der Waals surface area contributed by atoms with Crippen molar-refractivity contribution in [1.82, 2.24) is 15.1 Å². The van der Waals surface area contributed by atoms with Gasteiger partial charge in [0.1, 0.15) is 23.8 Å². The smallest absolute Gasteiger partial charge is 0.280 e. The molecule has 152 valence electrons. The fraction of sp³-hybridized carbons (Fsp3) is 0.182. The Balaban J connectivity index is 1.50. The Morgan fingerprint density at radius 3 is 2.77 bits per heavy atom. The van der Waals surface area contributed by atoms with E-state index in [2.05, 4.69) is 20.4 Å². The van der Waals surface area contributed by atoms with Gasteiger partial charge in [0.15, 0.2) is 11.5 Å². The predicted molar refractivity (Wildman–Crippen MR) is 109 cm³/mol. The standard InChI is InChI=1S/C22H20N4O4/c1-13-6-7-16(11-14(13)2)29-12-17-15(3)30-26-20(17)21(27)25-22-23-9-8-18(24-22)19-5-4-10-28-19/h4-11H,12H2,1-3H3,(H,23,24,25,27). The highest BCUT2D eigenvalue weighted by molar-refractivity contribution is 6.03. The van der Waals surface area contributed by atoms with Gasteiger partial charge in [0.05, 0.1) is 11.8 Å². The van der Waals surface area contributed by atoms with E-state index in [0.717, 1.165) is 5.56 Å². The second-order valence-electron chi connectivity index (χ2n) is 6.80. The average Bonchev–Trinajstić information content (AvgIpc) is 3.39. The van der Waals surface area contributed by atoms with Crippen LogP contribution in [0.5, 0.6) is 5.75 Å². The molecule has 0 aliphatic rings. The van der Waals surface area contributed by atoms with Crippen molar-refractivity contribution in [2.75, 3.05) is 5.32 Å². The third kappa shape index (κ3) is 4.07. The Morgan fingerprint density at radius 2 is 2.00 bits per heavy atom. The minimum atomic E-state index is -0.484. The van der Waals surface area contributed by atoms with Crippen molar-refractivity contribution in [3.8, 4) is 17.2 Å². The SMILES string of the molecule is Cc1ccc(OCc2c(C(=O)Nc3nccc(-c4ccco4)n3)noc2C)cc1C. The van der Waals surface area contributed by atoms with Crippen molar-refractivity contribution in [3.05, 3.63) is 77.0 Å². The summed E-state index contributed by atoms with van der Waals surface area (Å²) in [5.41, 5.74) is 3.55. The van der Waals surface area contributed by atoms with E-state index in [0.29, 0.717) is 28.5 Å². The average molecular weight is 404 g/mol. The minimum Gasteiger partial charge on any atom is -0.489 e. The summed E-state index contributed by atoms with van der Waals surface area (Å²) in [6.45, 7) is 5.93. The zero-order valence-corrected chi connectivity index (χ0v) is 16.8. The molecule has 0 bridgehead atoms. The van der Waals surface area contributed by atoms with Gasteiger partial charge in [-0.15, -0.1) is 0 Å². The fourth-order valence-corrected chi connectivity index (χ4v) is 2.84. The first kappa shape index (κ1) is 19.4. The van der Waals surface area contributed by atoms with Gasteiger partial charge in [0.2, 0.25) is 5.95 Å². The number of aryl methyl sites for hydroxylation is 3. The number of nitrogens with zero attached hydrogens (tertiary/aromatic N) is 3. The van der Waals surface area contributed by atoms with Gasteiger partial charge in [-0.3, -0.25) is 10.1 Å². The van der Waals surface area contributed by atoms with Gasteiger partial charge in [-0.1, -0.05) is 11.2 Å². The van der Waals surface area contributed by atoms with Crippen molar-refractivity contribution in [1.29, 1.82) is 0 Å². The van der Waals surface area contributed by atoms with Crippen LogP contribution < -0.4 is 10.1 Å². The van der Waals surface area contributed by atoms with Crippen LogP contribution in [0.1, 0.15) is 32.9 Å². The third-order valence-electron chi connectivity index (χ3n) is 4.72. The summed E-state index contributed by atoms with van der Waals surface area (Å²) >= 11 is 0. The monoisotopic (exact) mass is 404 g/mol. The Kier molecular flexibility index (Phi) is 5.30. The van der Waals surface area contributed by atoms with E-state index < -0.39 is 5.91 Å². The van der Waals surface area contributed by atoms with Crippen molar-refractivity contribution in [3.63, 3.8) is 0 Å². The molecule has 8 heteroatoms. The molecular weight excluding hydrogens is 384 g/mol. The number of benzene rings is 1. The normalized spacial score (nSPS) is 10.8. The van der Waals surface area contributed by atoms with Crippen LogP contribution in [0.4, 0.5) is 5.95 Å². The molecule has 3 aromatic heterocycles. The summed E-state index contributed by atoms with van der Waals surface area (Å²) < 4.78 is 16.4. The van der Waals surface area contributed by atoms with Crippen LogP contribution in [-0.4, -0.2) is 21.0 Å². The summed E-state index contributed by atoms with van der Waals surface area (Å²) in [5, 5.41) is 6.54. The number of hydrogen-bond donors (Lipinski definition) is 1. The van der Waals surface area contributed by atoms with Gasteiger partial charge in [0.25, 0.3) is 5.91 Å². The van der Waals surface area contributed by atoms with Crippen molar-refractivity contribution in [2.24, 2.45) is 0 Å². The van der Waals surface area contributed by atoms with Gasteiger partial charge < -0.3 is 13.7 Å². The Hall–Kier alpha value is -3.94. The molecule has 1 N–H and O–H groups in total. The van der Waals surface area contributed by atoms with Crippen molar-refractivity contribution < 1.29 is 18.5 Å². The summed E-state index contributed by atoms with van der Waals surface area (Å²) in [5.74, 6) is 1.44. The molecule has 0 saturated carbocycles. The molecule has 1 amide bonds. The van der Waals surface area contributed by atoms with Gasteiger partial charge in [0, 0.05) is 6.20 Å². The highest BCUT2D eigenvalue weighted by atomic mass is 16.5. The van der Waals surface area contributed by atoms with E-state index in [9.17, 15) is 4.79 Å². The maximum absolute atomic E-state index is 12.8. The first-order chi connectivity index (χ1) is 14.5. The van der Waals surface area contributed by atoms with Crippen LogP contribution >= 0.6 is 0 Å².